The lowest BCUT2D eigenvalue weighted by Crippen LogP contribution is -2.31. The van der Waals surface area contributed by atoms with Gasteiger partial charge in [0.1, 0.15) is 18.8 Å². The van der Waals surface area contributed by atoms with E-state index in [1.54, 1.807) is 12.2 Å². The normalized spacial score (nSPS) is 17.1. The minimum Gasteiger partial charge on any atom is -0.508 e. The number of rotatable bonds is 10. The highest BCUT2D eigenvalue weighted by molar-refractivity contribution is 6.20. The summed E-state index contributed by atoms with van der Waals surface area (Å²) < 4.78 is 7.40. The molecule has 0 saturated heterocycles. The second-order valence-electron chi connectivity index (χ2n) is 15.6. The molecule has 0 spiro atoms. The van der Waals surface area contributed by atoms with Crippen LogP contribution in [0, 0.1) is 0 Å². The van der Waals surface area contributed by atoms with Crippen LogP contribution in [0.25, 0.3) is 43.1 Å². The number of carboxylic acid groups (broad SMARTS) is 1. The molecule has 0 aromatic heterocycles. The summed E-state index contributed by atoms with van der Waals surface area (Å²) in [7, 11) is 0. The Morgan fingerprint density at radius 3 is 1.82 bits per heavy atom. The van der Waals surface area contributed by atoms with E-state index in [1.807, 2.05) is 25.1 Å². The Kier molecular flexibility index (Phi) is 8.84. The Bertz CT molecular complexity index is 2710. The molecule has 0 atom stereocenters. The summed E-state index contributed by atoms with van der Waals surface area (Å²) >= 11 is 0. The third-order valence-electron chi connectivity index (χ3n) is 11.6. The first-order chi connectivity index (χ1) is 26.5. The van der Waals surface area contributed by atoms with E-state index in [9.17, 15) is 19.8 Å². The molecular formula is C48H45N2O5+. The van der Waals surface area contributed by atoms with Crippen molar-refractivity contribution >= 4 is 72.6 Å². The Hall–Kier alpha value is -6.21. The van der Waals surface area contributed by atoms with Gasteiger partial charge in [-0.2, -0.15) is 4.58 Å². The van der Waals surface area contributed by atoms with Gasteiger partial charge in [-0.1, -0.05) is 105 Å². The fourth-order valence-electron chi connectivity index (χ4n) is 9.59. The highest BCUT2D eigenvalue weighted by Gasteiger charge is 2.49. The summed E-state index contributed by atoms with van der Waals surface area (Å²) in [6.45, 7) is 12.2. The lowest BCUT2D eigenvalue weighted by Gasteiger charge is -2.27. The maximum atomic E-state index is 12.0. The predicted molar refractivity (Wildman–Crippen MR) is 223 cm³/mol. The minimum atomic E-state index is -0.865. The second kappa shape index (κ2) is 13.6. The predicted octanol–water partition coefficient (Wildman–Crippen LogP) is 10.4. The van der Waals surface area contributed by atoms with Gasteiger partial charge in [-0.05, 0) is 82.9 Å². The number of carbonyl (C=O) groups excluding carboxylic acids is 1. The molecule has 2 aliphatic rings. The van der Waals surface area contributed by atoms with Gasteiger partial charge in [0.2, 0.25) is 5.69 Å². The van der Waals surface area contributed by atoms with Crippen LogP contribution in [0.1, 0.15) is 52.2 Å². The van der Waals surface area contributed by atoms with Crippen LogP contribution in [0.3, 0.4) is 0 Å². The molecule has 7 heteroatoms. The van der Waals surface area contributed by atoms with E-state index in [2.05, 4.69) is 122 Å². The Labute approximate surface area is 320 Å². The summed E-state index contributed by atoms with van der Waals surface area (Å²) in [5, 5.41) is 30.7. The monoisotopic (exact) mass is 729 g/mol. The van der Waals surface area contributed by atoms with Gasteiger partial charge >= 0.3 is 5.97 Å². The number of aliphatic hydroxyl groups excluding tert-OH is 1. The largest absolute Gasteiger partial charge is 0.508 e. The number of aliphatic carboxylic acids is 1. The van der Waals surface area contributed by atoms with Gasteiger partial charge in [-0.25, -0.2) is 0 Å². The van der Waals surface area contributed by atoms with Crippen LogP contribution < -0.4 is 4.90 Å². The third-order valence-corrected chi connectivity index (χ3v) is 11.6. The molecule has 6 aromatic carbocycles. The van der Waals surface area contributed by atoms with Crippen LogP contribution >= 0.6 is 0 Å². The van der Waals surface area contributed by atoms with Crippen molar-refractivity contribution in [2.75, 3.05) is 24.6 Å². The SMILES string of the molecule is C\C(=C/C(O)=C/C=C1\N(CCOC=O)c2c(c3ccccc3c3ccccc23)C1(C)C)C1=[N+](CCC(=O)O)c2c(c3ccccc3c3ccccc23)C1(C)C. The zero-order valence-corrected chi connectivity index (χ0v) is 31.9. The number of anilines is 1. The van der Waals surface area contributed by atoms with Crippen LogP contribution in [0.2, 0.25) is 0 Å². The molecule has 0 unspecified atom stereocenters. The van der Waals surface area contributed by atoms with Crippen molar-refractivity contribution in [2.24, 2.45) is 0 Å². The van der Waals surface area contributed by atoms with Crippen molar-refractivity contribution in [3.63, 3.8) is 0 Å². The van der Waals surface area contributed by atoms with E-state index in [0.717, 1.165) is 71.6 Å². The molecule has 7 nitrogen and oxygen atoms in total. The molecule has 6 aromatic rings. The van der Waals surface area contributed by atoms with E-state index < -0.39 is 16.8 Å². The molecular weight excluding hydrogens is 685 g/mol. The van der Waals surface area contributed by atoms with Gasteiger partial charge in [-0.3, -0.25) is 9.59 Å². The van der Waals surface area contributed by atoms with Crippen LogP contribution in [-0.4, -0.2) is 52.6 Å². The standard InChI is InChI=1S/C48H44N2O5/c1-30(46-48(4,5)43-37-19-11-7-15-33(37)35-17-9-13-21-39(35)45(43)50(46)25-24-41(53)54)28-31(52)22-23-40-47(2,3)42-36-18-10-6-14-32(36)34-16-8-12-20-38(34)44(42)49(40)26-27-55-29-51/h6-23,28-29H,24-27H2,1-5H3,(H-,52,53,54)/p+1. The van der Waals surface area contributed by atoms with Crippen LogP contribution in [0.5, 0.6) is 0 Å². The number of nitrogens with zero attached hydrogens (tertiary/aromatic N) is 2. The highest BCUT2D eigenvalue weighted by atomic mass is 16.5. The Morgan fingerprint density at radius 2 is 1.24 bits per heavy atom. The van der Waals surface area contributed by atoms with Crippen molar-refractivity contribution in [3.8, 4) is 0 Å². The molecule has 0 radical (unpaired) electrons. The number of allylic oxidation sites excluding steroid dienone is 5. The zero-order chi connectivity index (χ0) is 38.6. The van der Waals surface area contributed by atoms with E-state index >= 15 is 0 Å². The number of benzene rings is 6. The fourth-order valence-corrected chi connectivity index (χ4v) is 9.59. The summed E-state index contributed by atoms with van der Waals surface area (Å²) in [4.78, 5) is 25.5. The first-order valence-corrected chi connectivity index (χ1v) is 18.8. The molecule has 2 heterocycles. The lowest BCUT2D eigenvalue weighted by molar-refractivity contribution is -0.435. The minimum absolute atomic E-state index is 0.0377. The summed E-state index contributed by atoms with van der Waals surface area (Å²) in [6, 6.07) is 33.6. The van der Waals surface area contributed by atoms with Gasteiger partial charge in [0, 0.05) is 27.6 Å². The molecule has 0 saturated carbocycles. The van der Waals surface area contributed by atoms with E-state index in [-0.39, 0.29) is 25.3 Å². The highest BCUT2D eigenvalue weighted by Crippen LogP contribution is 2.54. The molecule has 8 rings (SSSR count). The summed E-state index contributed by atoms with van der Waals surface area (Å²) in [5.41, 5.74) is 6.23. The average molecular weight is 730 g/mol. The van der Waals surface area contributed by atoms with Crippen molar-refractivity contribution in [2.45, 2.75) is 51.9 Å². The van der Waals surface area contributed by atoms with Crippen molar-refractivity contribution in [3.05, 3.63) is 143 Å². The quantitative estimate of drug-likeness (QED) is 0.0364. The number of carbonyl (C=O) groups is 2. The van der Waals surface area contributed by atoms with Crippen LogP contribution in [-0.2, 0) is 25.2 Å². The third kappa shape index (κ3) is 5.68. The average Bonchev–Trinajstić information content (AvgIpc) is 3.55. The van der Waals surface area contributed by atoms with Crippen molar-refractivity contribution < 1.29 is 29.1 Å². The van der Waals surface area contributed by atoms with E-state index in [4.69, 9.17) is 4.74 Å². The maximum absolute atomic E-state index is 12.0. The van der Waals surface area contributed by atoms with Gasteiger partial charge in [0.15, 0.2) is 12.3 Å². The first kappa shape index (κ1) is 35.8. The zero-order valence-electron chi connectivity index (χ0n) is 31.9. The number of carboxylic acids is 1. The molecule has 276 valence electrons. The van der Waals surface area contributed by atoms with Gasteiger partial charge < -0.3 is 19.8 Å². The molecule has 0 amide bonds. The smallest absolute Gasteiger partial charge is 0.309 e. The van der Waals surface area contributed by atoms with Crippen molar-refractivity contribution in [1.29, 1.82) is 0 Å². The molecule has 2 aliphatic heterocycles. The Morgan fingerprint density at radius 1 is 0.727 bits per heavy atom. The number of hydrogen-bond donors (Lipinski definition) is 2. The van der Waals surface area contributed by atoms with Gasteiger partial charge in [0.25, 0.3) is 6.47 Å². The van der Waals surface area contributed by atoms with Crippen LogP contribution in [0.4, 0.5) is 11.4 Å². The number of ether oxygens (including phenoxy) is 1. The van der Waals surface area contributed by atoms with Crippen LogP contribution in [0.15, 0.2) is 132 Å². The Balaban J connectivity index is 1.28. The summed E-state index contributed by atoms with van der Waals surface area (Å²) in [5.74, 6) is -0.793. The molecule has 0 aliphatic carbocycles. The molecule has 0 fully saturated rings. The van der Waals surface area contributed by atoms with E-state index in [1.165, 1.54) is 10.9 Å². The van der Waals surface area contributed by atoms with Gasteiger partial charge in [-0.15, -0.1) is 0 Å². The van der Waals surface area contributed by atoms with Crippen molar-refractivity contribution in [1.82, 2.24) is 0 Å². The maximum Gasteiger partial charge on any atom is 0.309 e. The van der Waals surface area contributed by atoms with E-state index in [0.29, 0.717) is 13.0 Å². The van der Waals surface area contributed by atoms with Gasteiger partial charge in [0.05, 0.1) is 23.0 Å². The summed E-state index contributed by atoms with van der Waals surface area (Å²) in [6.07, 6.45) is 5.47. The second-order valence-corrected chi connectivity index (χ2v) is 15.6. The number of aliphatic hydroxyl groups is 1. The number of hydrogen-bond acceptors (Lipinski definition) is 5. The number of fused-ring (bicyclic) bond motifs is 12. The lowest BCUT2D eigenvalue weighted by atomic mass is 9.76. The molecule has 2 N–H and O–H groups in total. The topological polar surface area (TPSA) is 90.1 Å². The molecule has 0 bridgehead atoms. The fraction of sp³-hybridized carbons (Fsp3) is 0.229. The first-order valence-electron chi connectivity index (χ1n) is 18.8. The molecule has 55 heavy (non-hydrogen) atoms.